The molecule has 0 aliphatic rings. The molecule has 7 rings (SSSR count). The van der Waals surface area contributed by atoms with Gasteiger partial charge in [0.1, 0.15) is 11.3 Å². The topological polar surface area (TPSA) is 72.0 Å². The van der Waals surface area contributed by atoms with E-state index < -0.39 is 0 Å². The number of aromatic nitrogens is 3. The van der Waals surface area contributed by atoms with Gasteiger partial charge in [-0.05, 0) is 69.3 Å². The standard InChI is InChI=1S/C41H36N3O2.Pt/c1-40(2,3)28-23-31(37-32(24-28)33(17-19-43-37)41(4,5)6)26-13-11-12-25(20-26)30-21-27(34-15-9-10-18-42-34)22-36-38(30)44-39(46-36)29-14-7-8-16-35(29)45;/h7-19,21-24,45H,1-6H3;/q-1;. The minimum absolute atomic E-state index is 0. The van der Waals surface area contributed by atoms with Gasteiger partial charge >= 0.3 is 0 Å². The molecule has 3 aromatic heterocycles. The molecule has 0 atom stereocenters. The Kier molecular flexibility index (Phi) is 8.40. The summed E-state index contributed by atoms with van der Waals surface area (Å²) in [5.74, 6) is 0.466. The van der Waals surface area contributed by atoms with Gasteiger partial charge in [-0.15, -0.1) is 35.4 Å². The summed E-state index contributed by atoms with van der Waals surface area (Å²) in [7, 11) is 0. The van der Waals surface area contributed by atoms with Crippen LogP contribution in [-0.4, -0.2) is 20.1 Å². The van der Waals surface area contributed by atoms with Crippen LogP contribution in [-0.2, 0) is 31.9 Å². The van der Waals surface area contributed by atoms with Crippen molar-refractivity contribution in [2.24, 2.45) is 0 Å². The number of rotatable bonds is 4. The normalized spacial score (nSPS) is 12.0. The molecular weight excluding hydrogens is 762 g/mol. The first-order valence-corrected chi connectivity index (χ1v) is 15.6. The molecule has 0 saturated carbocycles. The molecule has 0 aliphatic carbocycles. The number of phenols is 1. The van der Waals surface area contributed by atoms with Crippen molar-refractivity contribution in [3.05, 3.63) is 121 Å². The van der Waals surface area contributed by atoms with E-state index in [0.717, 1.165) is 39.0 Å². The molecule has 5 nitrogen and oxygen atoms in total. The van der Waals surface area contributed by atoms with Gasteiger partial charge in [-0.1, -0.05) is 89.1 Å². The van der Waals surface area contributed by atoms with Gasteiger partial charge in [-0.2, -0.15) is 0 Å². The van der Waals surface area contributed by atoms with E-state index >= 15 is 0 Å². The number of hydrogen-bond donors (Lipinski definition) is 1. The van der Waals surface area contributed by atoms with Gasteiger partial charge < -0.3 is 9.52 Å². The summed E-state index contributed by atoms with van der Waals surface area (Å²) in [5, 5.41) is 11.8. The molecule has 0 bridgehead atoms. The van der Waals surface area contributed by atoms with Gasteiger partial charge in [0.15, 0.2) is 0 Å². The zero-order valence-electron chi connectivity index (χ0n) is 27.3. The Morgan fingerprint density at radius 3 is 2.06 bits per heavy atom. The largest absolute Gasteiger partial charge is 0.507 e. The SMILES string of the molecule is CC(C)(C)c1cc(-c2[c-]c(-c3cc(-c4ccccn4)cc4oc(-c5ccccc5O)nc34)ccc2)c2nccc(C(C)(C)C)c2c1.[Pt]. The quantitative estimate of drug-likeness (QED) is 0.180. The van der Waals surface area contributed by atoms with Crippen molar-refractivity contribution in [2.45, 2.75) is 52.4 Å². The van der Waals surface area contributed by atoms with E-state index in [0.29, 0.717) is 22.6 Å². The van der Waals surface area contributed by atoms with Crippen LogP contribution in [0, 0.1) is 6.07 Å². The Bertz CT molecular complexity index is 2240. The molecule has 6 heteroatoms. The average Bonchev–Trinajstić information content (AvgIpc) is 3.47. The second-order valence-electron chi connectivity index (χ2n) is 13.9. The number of para-hydroxylation sites is 1. The van der Waals surface area contributed by atoms with Crippen LogP contribution in [0.2, 0.25) is 0 Å². The van der Waals surface area contributed by atoms with Crippen molar-refractivity contribution in [3.8, 4) is 50.7 Å². The van der Waals surface area contributed by atoms with Crippen molar-refractivity contribution in [3.63, 3.8) is 0 Å². The molecule has 1 N–H and O–H groups in total. The molecule has 0 spiro atoms. The van der Waals surface area contributed by atoms with Crippen LogP contribution in [0.15, 0.2) is 108 Å². The number of fused-ring (bicyclic) bond motifs is 2. The van der Waals surface area contributed by atoms with Crippen LogP contribution in [0.25, 0.3) is 67.0 Å². The van der Waals surface area contributed by atoms with E-state index in [4.69, 9.17) is 14.4 Å². The maximum absolute atomic E-state index is 10.6. The first-order valence-electron chi connectivity index (χ1n) is 15.6. The molecular formula is C41H36N3O2Pt-. The third kappa shape index (κ3) is 6.13. The number of nitrogens with zero attached hydrogens (tertiary/aromatic N) is 3. The molecule has 0 radical (unpaired) electrons. The van der Waals surface area contributed by atoms with E-state index in [1.165, 1.54) is 16.5 Å². The third-order valence-corrected chi connectivity index (χ3v) is 8.48. The number of pyridine rings is 2. The van der Waals surface area contributed by atoms with Gasteiger partial charge in [0.2, 0.25) is 5.89 Å². The van der Waals surface area contributed by atoms with Crippen molar-refractivity contribution in [2.75, 3.05) is 0 Å². The number of hydrogen-bond acceptors (Lipinski definition) is 5. The molecule has 7 aromatic rings. The molecule has 0 fully saturated rings. The first-order chi connectivity index (χ1) is 22.0. The Morgan fingerprint density at radius 2 is 1.38 bits per heavy atom. The Labute approximate surface area is 290 Å². The molecule has 3 heterocycles. The van der Waals surface area contributed by atoms with Crippen molar-refractivity contribution >= 4 is 22.0 Å². The summed E-state index contributed by atoms with van der Waals surface area (Å²) in [6, 6.07) is 33.7. The van der Waals surface area contributed by atoms with E-state index in [1.54, 1.807) is 24.4 Å². The van der Waals surface area contributed by atoms with Gasteiger partial charge in [0.05, 0.1) is 16.8 Å². The summed E-state index contributed by atoms with van der Waals surface area (Å²) in [5.41, 5.74) is 10.7. The van der Waals surface area contributed by atoms with E-state index in [9.17, 15) is 5.11 Å². The van der Waals surface area contributed by atoms with Crippen LogP contribution in [0.1, 0.15) is 52.7 Å². The predicted molar refractivity (Wildman–Crippen MR) is 187 cm³/mol. The zero-order chi connectivity index (χ0) is 32.2. The van der Waals surface area contributed by atoms with E-state index in [2.05, 4.69) is 95.1 Å². The minimum atomic E-state index is -0.0607. The van der Waals surface area contributed by atoms with Crippen LogP contribution < -0.4 is 0 Å². The second kappa shape index (κ2) is 12.2. The predicted octanol–water partition coefficient (Wildman–Crippen LogP) is 10.5. The minimum Gasteiger partial charge on any atom is -0.507 e. The molecule has 0 amide bonds. The van der Waals surface area contributed by atoms with Gasteiger partial charge in [-0.3, -0.25) is 9.97 Å². The van der Waals surface area contributed by atoms with Crippen molar-refractivity contribution in [1.82, 2.24) is 15.0 Å². The molecule has 4 aromatic carbocycles. The zero-order valence-corrected chi connectivity index (χ0v) is 29.6. The molecule has 0 unspecified atom stereocenters. The fraction of sp³-hybridized carbons (Fsp3) is 0.195. The van der Waals surface area contributed by atoms with E-state index in [-0.39, 0.29) is 37.6 Å². The van der Waals surface area contributed by atoms with Crippen molar-refractivity contribution in [1.29, 1.82) is 0 Å². The van der Waals surface area contributed by atoms with Crippen LogP contribution in [0.3, 0.4) is 0 Å². The maximum atomic E-state index is 10.6. The van der Waals surface area contributed by atoms with Crippen LogP contribution in [0.5, 0.6) is 5.75 Å². The Morgan fingerprint density at radius 1 is 0.660 bits per heavy atom. The fourth-order valence-corrected chi connectivity index (χ4v) is 6.02. The molecule has 238 valence electrons. The van der Waals surface area contributed by atoms with Crippen LogP contribution in [0.4, 0.5) is 0 Å². The first kappa shape index (κ1) is 32.3. The second-order valence-corrected chi connectivity index (χ2v) is 13.9. The van der Waals surface area contributed by atoms with Crippen molar-refractivity contribution < 1.29 is 30.6 Å². The summed E-state index contributed by atoms with van der Waals surface area (Å²) in [6.07, 6.45) is 3.70. The monoisotopic (exact) mass is 797 g/mol. The van der Waals surface area contributed by atoms with E-state index in [1.807, 2.05) is 36.5 Å². The fourth-order valence-electron chi connectivity index (χ4n) is 6.02. The van der Waals surface area contributed by atoms with Gasteiger partial charge in [0.25, 0.3) is 0 Å². The number of phenolic OH excluding ortho intramolecular Hbond substituents is 1. The number of oxazole rings is 1. The number of benzene rings is 4. The summed E-state index contributed by atoms with van der Waals surface area (Å²) in [6.45, 7) is 13.5. The Balaban J connectivity index is 0.00000386. The summed E-state index contributed by atoms with van der Waals surface area (Å²) < 4.78 is 6.31. The number of aromatic hydroxyl groups is 1. The Hall–Kier alpha value is -4.60. The molecule has 0 saturated heterocycles. The summed E-state index contributed by atoms with van der Waals surface area (Å²) in [4.78, 5) is 14.4. The molecule has 47 heavy (non-hydrogen) atoms. The molecule has 0 aliphatic heterocycles. The summed E-state index contributed by atoms with van der Waals surface area (Å²) >= 11 is 0. The maximum Gasteiger partial charge on any atom is 0.230 e. The smallest absolute Gasteiger partial charge is 0.230 e. The van der Waals surface area contributed by atoms with Gasteiger partial charge in [-0.25, -0.2) is 4.98 Å². The van der Waals surface area contributed by atoms with Crippen LogP contribution >= 0.6 is 0 Å². The van der Waals surface area contributed by atoms with Gasteiger partial charge in [0, 0.05) is 39.0 Å². The third-order valence-electron chi connectivity index (χ3n) is 8.48. The average molecular weight is 798 g/mol.